The number of aromatic carboxylic acids is 1. The van der Waals surface area contributed by atoms with E-state index >= 15 is 0 Å². The highest BCUT2D eigenvalue weighted by atomic mass is 16.7. The van der Waals surface area contributed by atoms with Gasteiger partial charge in [-0.2, -0.15) is 0 Å². The molecule has 0 aliphatic heterocycles. The number of ether oxygens (including phenoxy) is 3. The van der Waals surface area contributed by atoms with Gasteiger partial charge in [0, 0.05) is 6.42 Å². The summed E-state index contributed by atoms with van der Waals surface area (Å²) in [5, 5.41) is 11.0. The molecule has 37 heavy (non-hydrogen) atoms. The van der Waals surface area contributed by atoms with Crippen LogP contribution in [-0.2, 0) is 4.74 Å². The van der Waals surface area contributed by atoms with Gasteiger partial charge in [-0.05, 0) is 66.9 Å². The Morgan fingerprint density at radius 3 is 1.59 bits per heavy atom. The fourth-order valence-electron chi connectivity index (χ4n) is 3.98. The molecule has 2 rings (SSSR count). The molecule has 1 atom stereocenters. The van der Waals surface area contributed by atoms with Gasteiger partial charge in [-0.1, -0.05) is 78.1 Å². The summed E-state index contributed by atoms with van der Waals surface area (Å²) in [5.41, 5.74) is 0.578. The van der Waals surface area contributed by atoms with Crippen LogP contribution in [0.4, 0.5) is 0 Å². The first-order valence-corrected chi connectivity index (χ1v) is 14.0. The lowest BCUT2D eigenvalue weighted by Crippen LogP contribution is -2.24. The van der Waals surface area contributed by atoms with Crippen molar-refractivity contribution >= 4 is 11.9 Å². The van der Waals surface area contributed by atoms with Crippen molar-refractivity contribution in [3.8, 4) is 11.5 Å². The Labute approximate surface area is 222 Å². The molecular formula is C31H43O6-. The molecule has 0 fully saturated rings. The van der Waals surface area contributed by atoms with Crippen LogP contribution in [0.1, 0.15) is 118 Å². The highest BCUT2D eigenvalue weighted by molar-refractivity contribution is 5.89. The minimum Gasteiger partial charge on any atom is -0.545 e. The molecule has 0 aliphatic carbocycles. The average molecular weight is 512 g/mol. The van der Waals surface area contributed by atoms with Crippen molar-refractivity contribution in [3.63, 3.8) is 0 Å². The highest BCUT2D eigenvalue weighted by Gasteiger charge is 2.14. The lowest BCUT2D eigenvalue weighted by atomic mass is 10.1. The minimum atomic E-state index is -1.22. The fourth-order valence-corrected chi connectivity index (χ4v) is 3.98. The van der Waals surface area contributed by atoms with Crippen LogP contribution in [0.25, 0.3) is 0 Å². The van der Waals surface area contributed by atoms with Crippen molar-refractivity contribution in [1.29, 1.82) is 0 Å². The van der Waals surface area contributed by atoms with Crippen molar-refractivity contribution in [2.45, 2.75) is 104 Å². The summed E-state index contributed by atoms with van der Waals surface area (Å²) in [4.78, 5) is 23.2. The van der Waals surface area contributed by atoms with E-state index in [9.17, 15) is 14.7 Å². The van der Waals surface area contributed by atoms with E-state index in [4.69, 9.17) is 14.2 Å². The van der Waals surface area contributed by atoms with Gasteiger partial charge in [-0.3, -0.25) is 0 Å². The molecule has 0 aromatic heterocycles. The van der Waals surface area contributed by atoms with E-state index in [-0.39, 0.29) is 11.5 Å². The molecule has 6 nitrogen and oxygen atoms in total. The molecule has 0 amide bonds. The molecule has 1 unspecified atom stereocenters. The van der Waals surface area contributed by atoms with Crippen LogP contribution < -0.4 is 14.6 Å². The fraction of sp³-hybridized carbons (Fsp3) is 0.548. The third-order valence-corrected chi connectivity index (χ3v) is 6.24. The van der Waals surface area contributed by atoms with Gasteiger partial charge in [0.15, 0.2) is 0 Å². The number of benzene rings is 2. The molecule has 0 spiro atoms. The van der Waals surface area contributed by atoms with Gasteiger partial charge in [0.25, 0.3) is 0 Å². The smallest absolute Gasteiger partial charge is 0.338 e. The van der Waals surface area contributed by atoms with Crippen molar-refractivity contribution in [2.75, 3.05) is 6.61 Å². The second kappa shape index (κ2) is 18.3. The molecule has 2 aromatic rings. The summed E-state index contributed by atoms with van der Waals surface area (Å²) in [6, 6.07) is 13.0. The third-order valence-electron chi connectivity index (χ3n) is 6.24. The summed E-state index contributed by atoms with van der Waals surface area (Å²) in [7, 11) is 0. The van der Waals surface area contributed by atoms with Gasteiger partial charge in [-0.25, -0.2) is 4.79 Å². The zero-order valence-corrected chi connectivity index (χ0v) is 22.5. The van der Waals surface area contributed by atoms with Gasteiger partial charge in [0.1, 0.15) is 11.5 Å². The molecule has 0 N–H and O–H groups in total. The maximum absolute atomic E-state index is 12.2. The first-order valence-electron chi connectivity index (χ1n) is 14.0. The predicted octanol–water partition coefficient (Wildman–Crippen LogP) is 7.10. The maximum atomic E-state index is 12.2. The number of carboxylic acid groups (broad SMARTS) is 1. The number of carbonyl (C=O) groups excluding carboxylic acids is 2. The van der Waals surface area contributed by atoms with Crippen molar-refractivity contribution in [3.05, 3.63) is 59.7 Å². The van der Waals surface area contributed by atoms with Gasteiger partial charge in [0.2, 0.25) is 6.29 Å². The van der Waals surface area contributed by atoms with E-state index in [2.05, 4.69) is 6.92 Å². The Hall–Kier alpha value is -3.02. The third kappa shape index (κ3) is 12.7. The van der Waals surface area contributed by atoms with Crippen LogP contribution in [0.3, 0.4) is 0 Å². The van der Waals surface area contributed by atoms with Crippen molar-refractivity contribution in [1.82, 2.24) is 0 Å². The van der Waals surface area contributed by atoms with Gasteiger partial charge < -0.3 is 24.1 Å². The Balaban J connectivity index is 1.88. The minimum absolute atomic E-state index is 0.0981. The normalized spacial score (nSPS) is 11.6. The van der Waals surface area contributed by atoms with E-state index in [1.54, 1.807) is 36.4 Å². The zero-order valence-electron chi connectivity index (χ0n) is 22.5. The summed E-state index contributed by atoms with van der Waals surface area (Å²) in [5.74, 6) is -0.448. The zero-order chi connectivity index (χ0) is 26.7. The van der Waals surface area contributed by atoms with E-state index in [1.807, 2.05) is 6.92 Å². The number of esters is 1. The Bertz CT molecular complexity index is 891. The standard InChI is InChI=1S/C31H44O6/c1-3-5-7-8-9-10-11-12-13-14-15-29(36-27-20-16-25(17-21-27)30(32)33)37-28-22-18-26(19-23-28)31(34)35-24-6-4-2/h16-23,29H,3-15,24H2,1-2H3,(H,32,33)/p-1. The van der Waals surface area contributed by atoms with Crippen LogP contribution in [0, 0.1) is 0 Å². The van der Waals surface area contributed by atoms with Gasteiger partial charge >= 0.3 is 5.97 Å². The highest BCUT2D eigenvalue weighted by Crippen LogP contribution is 2.22. The summed E-state index contributed by atoms with van der Waals surface area (Å²) < 4.78 is 17.4. The van der Waals surface area contributed by atoms with E-state index < -0.39 is 12.3 Å². The summed E-state index contributed by atoms with van der Waals surface area (Å²) >= 11 is 0. The maximum Gasteiger partial charge on any atom is 0.338 e. The second-order valence-electron chi connectivity index (χ2n) is 9.46. The molecule has 0 radical (unpaired) electrons. The van der Waals surface area contributed by atoms with Crippen LogP contribution in [0.15, 0.2) is 48.5 Å². The Morgan fingerprint density at radius 1 is 0.649 bits per heavy atom. The van der Waals surface area contributed by atoms with Crippen molar-refractivity contribution < 1.29 is 28.9 Å². The number of hydrogen-bond acceptors (Lipinski definition) is 6. The average Bonchev–Trinajstić information content (AvgIpc) is 2.90. The predicted molar refractivity (Wildman–Crippen MR) is 144 cm³/mol. The quantitative estimate of drug-likeness (QED) is 0.107. The van der Waals surface area contributed by atoms with Crippen LogP contribution in [0.2, 0.25) is 0 Å². The lowest BCUT2D eigenvalue weighted by molar-refractivity contribution is -0.255. The lowest BCUT2D eigenvalue weighted by Gasteiger charge is -2.21. The number of unbranched alkanes of at least 4 members (excludes halogenated alkanes) is 10. The molecule has 0 bridgehead atoms. The summed E-state index contributed by atoms with van der Waals surface area (Å²) in [6.45, 7) is 4.70. The van der Waals surface area contributed by atoms with Gasteiger partial charge in [-0.15, -0.1) is 0 Å². The van der Waals surface area contributed by atoms with Crippen molar-refractivity contribution in [2.24, 2.45) is 0 Å². The monoisotopic (exact) mass is 511 g/mol. The molecule has 204 valence electrons. The molecule has 0 saturated heterocycles. The van der Waals surface area contributed by atoms with E-state index in [0.717, 1.165) is 25.7 Å². The summed E-state index contributed by atoms with van der Waals surface area (Å²) in [6.07, 6.45) is 14.4. The molecule has 6 heteroatoms. The molecular weight excluding hydrogens is 468 g/mol. The Morgan fingerprint density at radius 2 is 1.11 bits per heavy atom. The molecule has 0 aliphatic rings. The Kier molecular flexibility index (Phi) is 14.9. The number of hydrogen-bond donors (Lipinski definition) is 0. The van der Waals surface area contributed by atoms with Crippen LogP contribution in [0.5, 0.6) is 11.5 Å². The topological polar surface area (TPSA) is 84.9 Å². The van der Waals surface area contributed by atoms with Gasteiger partial charge in [0.05, 0.1) is 18.1 Å². The number of carboxylic acids is 1. The number of rotatable bonds is 20. The first-order chi connectivity index (χ1) is 18.0. The first kappa shape index (κ1) is 30.2. The van der Waals surface area contributed by atoms with E-state index in [0.29, 0.717) is 30.1 Å². The SMILES string of the molecule is CCCCCCCCCCCCC(Oc1ccc(C(=O)[O-])cc1)Oc1ccc(C(=O)OCCCC)cc1. The molecule has 0 heterocycles. The molecule has 2 aromatic carbocycles. The number of carbonyl (C=O) groups is 2. The van der Waals surface area contributed by atoms with Crippen LogP contribution in [-0.4, -0.2) is 24.8 Å². The second-order valence-corrected chi connectivity index (χ2v) is 9.46. The largest absolute Gasteiger partial charge is 0.545 e. The van der Waals surface area contributed by atoms with E-state index in [1.165, 1.54) is 63.5 Å². The van der Waals surface area contributed by atoms with Crippen LogP contribution >= 0.6 is 0 Å². The molecule has 0 saturated carbocycles.